The molecule has 0 fully saturated rings. The van der Waals surface area contributed by atoms with Gasteiger partial charge in [-0.05, 0) is 29.8 Å². The molecule has 3 rings (SSSR count). The molecule has 1 aromatic heterocycles. The van der Waals surface area contributed by atoms with Crippen LogP contribution in [0.1, 0.15) is 17.9 Å². The lowest BCUT2D eigenvalue weighted by atomic mass is 10.2. The van der Waals surface area contributed by atoms with Gasteiger partial charge < -0.3 is 9.84 Å². The lowest BCUT2D eigenvalue weighted by Gasteiger charge is -2.04. The van der Waals surface area contributed by atoms with E-state index < -0.39 is 5.82 Å². The molecule has 0 bridgehead atoms. The average Bonchev–Trinajstić information content (AvgIpc) is 3.08. The molecule has 0 aliphatic rings. The Balaban J connectivity index is 1.51. The van der Waals surface area contributed by atoms with Crippen molar-refractivity contribution in [3.05, 3.63) is 71.6 Å². The van der Waals surface area contributed by atoms with Crippen LogP contribution in [0.2, 0.25) is 0 Å². The standard InChI is InChI=1S/C18H15F2N3O2/c19-13-7-5-12(6-8-13)11-21-16(24)9-10-17-22-18(23-25-17)14-3-1-2-4-15(14)20/h1-8H,9-11H2,(H,21,24). The van der Waals surface area contributed by atoms with Crippen molar-refractivity contribution >= 4 is 5.91 Å². The predicted molar refractivity (Wildman–Crippen MR) is 86.3 cm³/mol. The molecular formula is C18H15F2N3O2. The third kappa shape index (κ3) is 4.47. The SMILES string of the molecule is O=C(CCc1nc(-c2ccccc2F)no1)NCc1ccc(F)cc1. The van der Waals surface area contributed by atoms with E-state index in [4.69, 9.17) is 4.52 Å². The number of rotatable bonds is 6. The number of nitrogens with one attached hydrogen (secondary N) is 1. The van der Waals surface area contributed by atoms with E-state index in [0.717, 1.165) is 5.56 Å². The van der Waals surface area contributed by atoms with Crippen molar-refractivity contribution in [2.45, 2.75) is 19.4 Å². The van der Waals surface area contributed by atoms with Crippen molar-refractivity contribution < 1.29 is 18.1 Å². The minimum absolute atomic E-state index is 0.153. The van der Waals surface area contributed by atoms with Crippen LogP contribution < -0.4 is 5.32 Å². The molecule has 0 unspecified atom stereocenters. The quantitative estimate of drug-likeness (QED) is 0.746. The number of nitrogens with zero attached hydrogens (tertiary/aromatic N) is 2. The van der Waals surface area contributed by atoms with E-state index in [2.05, 4.69) is 15.5 Å². The highest BCUT2D eigenvalue weighted by atomic mass is 19.1. The number of carbonyl (C=O) groups is 1. The van der Waals surface area contributed by atoms with Crippen LogP contribution in [-0.2, 0) is 17.8 Å². The first-order valence-corrected chi connectivity index (χ1v) is 7.70. The molecule has 1 N–H and O–H groups in total. The maximum atomic E-state index is 13.7. The molecule has 0 saturated heterocycles. The number of aromatic nitrogens is 2. The summed E-state index contributed by atoms with van der Waals surface area (Å²) >= 11 is 0. The Hall–Kier alpha value is -3.09. The Morgan fingerprint density at radius 3 is 2.60 bits per heavy atom. The van der Waals surface area contributed by atoms with Crippen LogP contribution in [0.5, 0.6) is 0 Å². The van der Waals surface area contributed by atoms with Gasteiger partial charge in [0, 0.05) is 19.4 Å². The number of carbonyl (C=O) groups excluding carboxylic acids is 1. The highest BCUT2D eigenvalue weighted by Gasteiger charge is 2.13. The maximum absolute atomic E-state index is 13.7. The van der Waals surface area contributed by atoms with Crippen molar-refractivity contribution in [2.75, 3.05) is 0 Å². The third-order valence-electron chi connectivity index (χ3n) is 3.55. The van der Waals surface area contributed by atoms with Crippen molar-refractivity contribution in [1.29, 1.82) is 0 Å². The summed E-state index contributed by atoms with van der Waals surface area (Å²) in [6, 6.07) is 12.0. The lowest BCUT2D eigenvalue weighted by molar-refractivity contribution is -0.121. The monoisotopic (exact) mass is 343 g/mol. The van der Waals surface area contributed by atoms with Gasteiger partial charge in [-0.25, -0.2) is 8.78 Å². The smallest absolute Gasteiger partial charge is 0.227 e. The van der Waals surface area contributed by atoms with E-state index in [1.54, 1.807) is 30.3 Å². The highest BCUT2D eigenvalue weighted by molar-refractivity contribution is 5.76. The second-order valence-electron chi connectivity index (χ2n) is 5.39. The molecule has 1 amide bonds. The van der Waals surface area contributed by atoms with Crippen LogP contribution in [0.25, 0.3) is 11.4 Å². The van der Waals surface area contributed by atoms with E-state index in [1.165, 1.54) is 18.2 Å². The molecule has 0 atom stereocenters. The van der Waals surface area contributed by atoms with Gasteiger partial charge in [-0.2, -0.15) is 4.98 Å². The fraction of sp³-hybridized carbons (Fsp3) is 0.167. The topological polar surface area (TPSA) is 68.0 Å². The molecule has 2 aromatic carbocycles. The summed E-state index contributed by atoms with van der Waals surface area (Å²) in [5.74, 6) is -0.547. The molecule has 3 aromatic rings. The van der Waals surface area contributed by atoms with Crippen LogP contribution in [0.4, 0.5) is 8.78 Å². The van der Waals surface area contributed by atoms with Gasteiger partial charge in [0.2, 0.25) is 17.6 Å². The fourth-order valence-corrected chi connectivity index (χ4v) is 2.22. The van der Waals surface area contributed by atoms with Crippen LogP contribution >= 0.6 is 0 Å². The van der Waals surface area contributed by atoms with Gasteiger partial charge in [-0.3, -0.25) is 4.79 Å². The first-order chi connectivity index (χ1) is 12.1. The molecule has 0 aliphatic carbocycles. The minimum atomic E-state index is -0.438. The first-order valence-electron chi connectivity index (χ1n) is 7.70. The summed E-state index contributed by atoms with van der Waals surface area (Å²) in [6.07, 6.45) is 0.400. The summed E-state index contributed by atoms with van der Waals surface area (Å²) in [6.45, 7) is 0.309. The van der Waals surface area contributed by atoms with Crippen LogP contribution in [-0.4, -0.2) is 16.0 Å². The van der Waals surface area contributed by atoms with E-state index >= 15 is 0 Å². The van der Waals surface area contributed by atoms with Crippen LogP contribution in [0, 0.1) is 11.6 Å². The normalized spacial score (nSPS) is 10.6. The molecule has 0 saturated carbocycles. The summed E-state index contributed by atoms with van der Waals surface area (Å²) < 4.78 is 31.5. The van der Waals surface area contributed by atoms with Crippen LogP contribution in [0.15, 0.2) is 53.1 Å². The van der Waals surface area contributed by atoms with E-state index in [-0.39, 0.29) is 41.8 Å². The average molecular weight is 343 g/mol. The van der Waals surface area contributed by atoms with Gasteiger partial charge >= 0.3 is 0 Å². The first kappa shape index (κ1) is 16.8. The molecule has 5 nitrogen and oxygen atoms in total. The largest absolute Gasteiger partial charge is 0.352 e. The second-order valence-corrected chi connectivity index (χ2v) is 5.39. The van der Waals surface area contributed by atoms with Gasteiger partial charge in [0.15, 0.2) is 0 Å². The van der Waals surface area contributed by atoms with Crippen LogP contribution in [0.3, 0.4) is 0 Å². The number of hydrogen-bond donors (Lipinski definition) is 1. The number of amides is 1. The van der Waals surface area contributed by atoms with Gasteiger partial charge in [0.1, 0.15) is 11.6 Å². The number of hydrogen-bond acceptors (Lipinski definition) is 4. The van der Waals surface area contributed by atoms with Gasteiger partial charge in [0.05, 0.1) is 5.56 Å². The molecule has 25 heavy (non-hydrogen) atoms. The van der Waals surface area contributed by atoms with Crippen molar-refractivity contribution in [3.8, 4) is 11.4 Å². The zero-order chi connectivity index (χ0) is 17.6. The minimum Gasteiger partial charge on any atom is -0.352 e. The Morgan fingerprint density at radius 1 is 1.08 bits per heavy atom. The molecular weight excluding hydrogens is 328 g/mol. The Labute approximate surface area is 142 Å². The lowest BCUT2D eigenvalue weighted by Crippen LogP contribution is -2.23. The van der Waals surface area contributed by atoms with E-state index in [0.29, 0.717) is 6.54 Å². The number of aryl methyl sites for hydroxylation is 1. The summed E-state index contributed by atoms with van der Waals surface area (Å²) in [4.78, 5) is 16.0. The molecule has 1 heterocycles. The molecule has 0 aliphatic heterocycles. The van der Waals surface area contributed by atoms with Crippen molar-refractivity contribution in [3.63, 3.8) is 0 Å². The Bertz CT molecular complexity index is 863. The molecule has 128 valence electrons. The Kier molecular flexibility index (Phi) is 5.13. The fourth-order valence-electron chi connectivity index (χ4n) is 2.22. The number of halogens is 2. The third-order valence-corrected chi connectivity index (χ3v) is 3.55. The van der Waals surface area contributed by atoms with E-state index in [9.17, 15) is 13.6 Å². The summed E-state index contributed by atoms with van der Waals surface area (Å²) in [5.41, 5.74) is 1.05. The number of benzene rings is 2. The van der Waals surface area contributed by atoms with Crippen molar-refractivity contribution in [1.82, 2.24) is 15.5 Å². The Morgan fingerprint density at radius 2 is 1.84 bits per heavy atom. The zero-order valence-electron chi connectivity index (χ0n) is 13.2. The van der Waals surface area contributed by atoms with E-state index in [1.807, 2.05) is 0 Å². The zero-order valence-corrected chi connectivity index (χ0v) is 13.2. The van der Waals surface area contributed by atoms with Gasteiger partial charge in [-0.1, -0.05) is 29.4 Å². The maximum Gasteiger partial charge on any atom is 0.227 e. The molecule has 0 spiro atoms. The predicted octanol–water partition coefficient (Wildman–Crippen LogP) is 3.26. The summed E-state index contributed by atoms with van der Waals surface area (Å²) in [7, 11) is 0. The molecule has 0 radical (unpaired) electrons. The summed E-state index contributed by atoms with van der Waals surface area (Å²) in [5, 5.41) is 6.46. The highest BCUT2D eigenvalue weighted by Crippen LogP contribution is 2.19. The molecule has 7 heteroatoms. The van der Waals surface area contributed by atoms with Gasteiger partial charge in [-0.15, -0.1) is 0 Å². The van der Waals surface area contributed by atoms with Crippen molar-refractivity contribution in [2.24, 2.45) is 0 Å². The van der Waals surface area contributed by atoms with Gasteiger partial charge in [0.25, 0.3) is 0 Å². The second kappa shape index (κ2) is 7.65.